The van der Waals surface area contributed by atoms with Crippen molar-refractivity contribution in [3.63, 3.8) is 0 Å². The van der Waals surface area contributed by atoms with Crippen LogP contribution >= 0.6 is 0 Å². The Morgan fingerprint density at radius 2 is 2.09 bits per heavy atom. The standard InChI is InChI=1S/C16H20N2O5/c19-9-11(20)7-17-10-3-4-13-14(6-10)16(22)18(15(13)21)8-12-2-1-5-23-12/h3-4,6,11-12,17,19-20H,1-2,5,7-9H2. The van der Waals surface area contributed by atoms with Crippen molar-refractivity contribution < 1.29 is 24.5 Å². The molecule has 124 valence electrons. The first-order chi connectivity index (χ1) is 11.1. The minimum atomic E-state index is -0.878. The lowest BCUT2D eigenvalue weighted by atomic mass is 10.1. The van der Waals surface area contributed by atoms with Gasteiger partial charge in [-0.25, -0.2) is 0 Å². The molecule has 1 fully saturated rings. The highest BCUT2D eigenvalue weighted by atomic mass is 16.5. The highest BCUT2D eigenvalue weighted by Crippen LogP contribution is 2.27. The molecule has 2 heterocycles. The number of carbonyl (C=O) groups excluding carboxylic acids is 2. The van der Waals surface area contributed by atoms with E-state index in [4.69, 9.17) is 9.84 Å². The fourth-order valence-corrected chi connectivity index (χ4v) is 2.86. The maximum Gasteiger partial charge on any atom is 0.261 e. The fraction of sp³-hybridized carbons (Fsp3) is 0.500. The second-order valence-electron chi connectivity index (χ2n) is 5.83. The summed E-state index contributed by atoms with van der Waals surface area (Å²) in [6.07, 6.45) is 0.861. The highest BCUT2D eigenvalue weighted by molar-refractivity contribution is 6.21. The molecule has 23 heavy (non-hydrogen) atoms. The van der Waals surface area contributed by atoms with E-state index in [1.165, 1.54) is 4.90 Å². The lowest BCUT2D eigenvalue weighted by Gasteiger charge is -2.17. The van der Waals surface area contributed by atoms with E-state index in [1.807, 2.05) is 0 Å². The lowest BCUT2D eigenvalue weighted by Crippen LogP contribution is -2.36. The van der Waals surface area contributed by atoms with Gasteiger partial charge in [-0.05, 0) is 31.0 Å². The molecular formula is C16H20N2O5. The van der Waals surface area contributed by atoms with Gasteiger partial charge >= 0.3 is 0 Å². The summed E-state index contributed by atoms with van der Waals surface area (Å²) in [6, 6.07) is 4.90. The topological polar surface area (TPSA) is 99.1 Å². The first-order valence-corrected chi connectivity index (χ1v) is 7.75. The van der Waals surface area contributed by atoms with Gasteiger partial charge in [0.15, 0.2) is 0 Å². The van der Waals surface area contributed by atoms with E-state index in [9.17, 15) is 14.7 Å². The van der Waals surface area contributed by atoms with Crippen LogP contribution in [0.5, 0.6) is 0 Å². The maximum atomic E-state index is 12.5. The zero-order valence-electron chi connectivity index (χ0n) is 12.7. The number of benzene rings is 1. The fourth-order valence-electron chi connectivity index (χ4n) is 2.86. The average Bonchev–Trinajstić information content (AvgIpc) is 3.16. The number of aliphatic hydroxyl groups is 2. The number of hydrogen-bond donors (Lipinski definition) is 3. The number of nitrogens with zero attached hydrogens (tertiary/aromatic N) is 1. The third-order valence-electron chi connectivity index (χ3n) is 4.13. The SMILES string of the molecule is O=C1c2ccc(NCC(O)CO)cc2C(=O)N1CC1CCCO1. The van der Waals surface area contributed by atoms with Crippen molar-refractivity contribution in [3.8, 4) is 0 Å². The Bertz CT molecular complexity index is 612. The van der Waals surface area contributed by atoms with Gasteiger partial charge in [-0.15, -0.1) is 0 Å². The van der Waals surface area contributed by atoms with E-state index in [-0.39, 0.29) is 31.1 Å². The monoisotopic (exact) mass is 320 g/mol. The molecule has 7 heteroatoms. The predicted molar refractivity (Wildman–Crippen MR) is 82.4 cm³/mol. The Hall–Kier alpha value is -1.96. The number of ether oxygens (including phenoxy) is 1. The van der Waals surface area contributed by atoms with Crippen molar-refractivity contribution in [2.24, 2.45) is 0 Å². The number of aliphatic hydroxyl groups excluding tert-OH is 2. The molecule has 1 aromatic carbocycles. The second-order valence-corrected chi connectivity index (χ2v) is 5.83. The molecule has 2 aliphatic heterocycles. The molecule has 0 saturated carbocycles. The highest BCUT2D eigenvalue weighted by Gasteiger charge is 2.37. The molecule has 2 unspecified atom stereocenters. The van der Waals surface area contributed by atoms with Crippen LogP contribution in [0.25, 0.3) is 0 Å². The number of nitrogens with one attached hydrogen (secondary N) is 1. The molecule has 0 aromatic heterocycles. The molecule has 0 radical (unpaired) electrons. The van der Waals surface area contributed by atoms with Gasteiger partial charge < -0.3 is 20.3 Å². The van der Waals surface area contributed by atoms with E-state index < -0.39 is 6.10 Å². The van der Waals surface area contributed by atoms with Crippen molar-refractivity contribution in [1.82, 2.24) is 4.90 Å². The van der Waals surface area contributed by atoms with Crippen LogP contribution in [0.2, 0.25) is 0 Å². The van der Waals surface area contributed by atoms with E-state index in [1.54, 1.807) is 18.2 Å². The molecule has 3 N–H and O–H groups in total. The van der Waals surface area contributed by atoms with E-state index >= 15 is 0 Å². The summed E-state index contributed by atoms with van der Waals surface area (Å²) in [7, 11) is 0. The van der Waals surface area contributed by atoms with Crippen LogP contribution in [-0.4, -0.2) is 65.4 Å². The molecule has 2 amide bonds. The minimum Gasteiger partial charge on any atom is -0.394 e. The molecule has 7 nitrogen and oxygen atoms in total. The number of amides is 2. The molecule has 0 aliphatic carbocycles. The van der Waals surface area contributed by atoms with Gasteiger partial charge in [0.05, 0.1) is 36.5 Å². The van der Waals surface area contributed by atoms with Crippen molar-refractivity contribution in [2.75, 3.05) is 31.6 Å². The molecule has 1 saturated heterocycles. The largest absolute Gasteiger partial charge is 0.394 e. The van der Waals surface area contributed by atoms with Crippen LogP contribution in [0.3, 0.4) is 0 Å². The first-order valence-electron chi connectivity index (χ1n) is 7.75. The second kappa shape index (κ2) is 6.66. The summed E-state index contributed by atoms with van der Waals surface area (Å²) in [5.74, 6) is -0.603. The summed E-state index contributed by atoms with van der Waals surface area (Å²) in [5.41, 5.74) is 1.37. The van der Waals surface area contributed by atoms with Crippen molar-refractivity contribution in [2.45, 2.75) is 25.0 Å². The van der Waals surface area contributed by atoms with Crippen molar-refractivity contribution >= 4 is 17.5 Å². The average molecular weight is 320 g/mol. The zero-order chi connectivity index (χ0) is 16.4. The lowest BCUT2D eigenvalue weighted by molar-refractivity contribution is 0.0475. The first kappa shape index (κ1) is 15.9. The number of imide groups is 1. The van der Waals surface area contributed by atoms with Gasteiger partial charge in [0.2, 0.25) is 0 Å². The minimum absolute atomic E-state index is 0.0745. The summed E-state index contributed by atoms with van der Waals surface area (Å²) in [6.45, 7) is 0.787. The van der Waals surface area contributed by atoms with Crippen LogP contribution in [0, 0.1) is 0 Å². The Kier molecular flexibility index (Phi) is 4.61. The van der Waals surface area contributed by atoms with E-state index in [0.29, 0.717) is 30.0 Å². The summed E-state index contributed by atoms with van der Waals surface area (Å²) >= 11 is 0. The number of fused-ring (bicyclic) bond motifs is 1. The Balaban J connectivity index is 1.73. The van der Waals surface area contributed by atoms with Gasteiger partial charge in [0, 0.05) is 18.8 Å². The Labute approximate surface area is 133 Å². The molecule has 0 bridgehead atoms. The van der Waals surface area contributed by atoms with Crippen LogP contribution < -0.4 is 5.32 Å². The van der Waals surface area contributed by atoms with Crippen LogP contribution in [0.15, 0.2) is 18.2 Å². The number of hydrogen-bond acceptors (Lipinski definition) is 6. The predicted octanol–water partition coefficient (Wildman–Crippen LogP) is 0.227. The number of anilines is 1. The third kappa shape index (κ3) is 3.21. The van der Waals surface area contributed by atoms with E-state index in [2.05, 4.69) is 5.32 Å². The summed E-state index contributed by atoms with van der Waals surface area (Å²) in [5, 5.41) is 21.1. The van der Waals surface area contributed by atoms with E-state index in [0.717, 1.165) is 12.8 Å². The van der Waals surface area contributed by atoms with Gasteiger partial charge in [0.25, 0.3) is 11.8 Å². The van der Waals surface area contributed by atoms with Gasteiger partial charge in [-0.1, -0.05) is 0 Å². The summed E-state index contributed by atoms with van der Waals surface area (Å²) < 4.78 is 5.50. The smallest absolute Gasteiger partial charge is 0.261 e. The molecule has 2 aliphatic rings. The van der Waals surface area contributed by atoms with Crippen molar-refractivity contribution in [3.05, 3.63) is 29.3 Å². The van der Waals surface area contributed by atoms with Crippen LogP contribution in [0.4, 0.5) is 5.69 Å². The van der Waals surface area contributed by atoms with Gasteiger partial charge in [-0.2, -0.15) is 0 Å². The molecule has 3 rings (SSSR count). The molecule has 2 atom stereocenters. The normalized spacial score (nSPS) is 21.7. The van der Waals surface area contributed by atoms with Crippen LogP contribution in [0.1, 0.15) is 33.6 Å². The molecular weight excluding hydrogens is 300 g/mol. The summed E-state index contributed by atoms with van der Waals surface area (Å²) in [4.78, 5) is 26.1. The molecule has 1 aromatic rings. The quantitative estimate of drug-likeness (QED) is 0.649. The Morgan fingerprint density at radius 3 is 2.78 bits per heavy atom. The number of carbonyl (C=O) groups is 2. The Morgan fingerprint density at radius 1 is 1.30 bits per heavy atom. The van der Waals surface area contributed by atoms with Crippen LogP contribution in [-0.2, 0) is 4.74 Å². The van der Waals surface area contributed by atoms with Gasteiger partial charge in [-0.3, -0.25) is 14.5 Å². The number of rotatable bonds is 6. The maximum absolute atomic E-state index is 12.5. The zero-order valence-corrected chi connectivity index (χ0v) is 12.7. The van der Waals surface area contributed by atoms with Crippen molar-refractivity contribution in [1.29, 1.82) is 0 Å². The molecule has 0 spiro atoms. The van der Waals surface area contributed by atoms with Gasteiger partial charge in [0.1, 0.15) is 0 Å². The third-order valence-corrected chi connectivity index (χ3v) is 4.13.